The lowest BCUT2D eigenvalue weighted by Gasteiger charge is -2.28. The molecule has 1 aliphatic rings. The summed E-state index contributed by atoms with van der Waals surface area (Å²) >= 11 is 0. The van der Waals surface area contributed by atoms with Gasteiger partial charge in [0.25, 0.3) is 0 Å². The zero-order valence-electron chi connectivity index (χ0n) is 11.1. The minimum Gasteiger partial charge on any atom is -0.473 e. The Labute approximate surface area is 108 Å². The maximum Gasteiger partial charge on any atom is 0.233 e. The van der Waals surface area contributed by atoms with Crippen molar-refractivity contribution in [3.63, 3.8) is 0 Å². The molecule has 0 saturated heterocycles. The van der Waals surface area contributed by atoms with E-state index < -0.39 is 0 Å². The highest BCUT2D eigenvalue weighted by atomic mass is 16.5. The number of nitrogens with zero attached hydrogens (tertiary/aromatic N) is 2. The summed E-state index contributed by atoms with van der Waals surface area (Å²) in [6.45, 7) is 0.725. The molecule has 100 valence electrons. The Morgan fingerprint density at radius 1 is 1.28 bits per heavy atom. The van der Waals surface area contributed by atoms with E-state index in [2.05, 4.69) is 15.5 Å². The van der Waals surface area contributed by atoms with Crippen LogP contribution in [-0.4, -0.2) is 36.6 Å². The highest BCUT2D eigenvalue weighted by molar-refractivity contribution is 5.11. The van der Waals surface area contributed by atoms with E-state index in [9.17, 15) is 0 Å². The molecule has 1 saturated carbocycles. The van der Waals surface area contributed by atoms with Crippen LogP contribution in [0.1, 0.15) is 31.4 Å². The van der Waals surface area contributed by atoms with Gasteiger partial charge in [0.1, 0.15) is 6.10 Å². The van der Waals surface area contributed by atoms with Gasteiger partial charge in [0.2, 0.25) is 5.88 Å². The number of ether oxygens (including phenoxy) is 2. The van der Waals surface area contributed by atoms with Crippen LogP contribution in [0.3, 0.4) is 0 Å². The van der Waals surface area contributed by atoms with Gasteiger partial charge >= 0.3 is 0 Å². The summed E-state index contributed by atoms with van der Waals surface area (Å²) in [5.74, 6) is 0.608. The number of hydrogen-bond donors (Lipinski definition) is 1. The van der Waals surface area contributed by atoms with Crippen molar-refractivity contribution in [2.24, 2.45) is 0 Å². The smallest absolute Gasteiger partial charge is 0.233 e. The van der Waals surface area contributed by atoms with Gasteiger partial charge in [0, 0.05) is 26.1 Å². The van der Waals surface area contributed by atoms with E-state index in [0.717, 1.165) is 37.9 Å². The number of methoxy groups -OCH3 is 1. The number of aromatic nitrogens is 2. The molecule has 0 aromatic carbocycles. The lowest BCUT2D eigenvalue weighted by molar-refractivity contribution is 0.0192. The molecule has 2 unspecified atom stereocenters. The summed E-state index contributed by atoms with van der Waals surface area (Å²) in [6.07, 6.45) is 4.81. The summed E-state index contributed by atoms with van der Waals surface area (Å²) in [4.78, 5) is 0. The molecule has 0 radical (unpaired) electrons. The summed E-state index contributed by atoms with van der Waals surface area (Å²) in [5, 5.41) is 11.2. The van der Waals surface area contributed by atoms with Gasteiger partial charge in [-0.15, -0.1) is 5.10 Å². The molecule has 0 amide bonds. The standard InChI is InChI=1S/C13H21N3O2/c1-14-9-10-6-7-13(16-15-10)18-12-5-3-4-11(8-12)17-2/h6-7,11-12,14H,3-5,8-9H2,1-2H3. The van der Waals surface area contributed by atoms with Gasteiger partial charge in [0.15, 0.2) is 0 Å². The SMILES string of the molecule is CNCc1ccc(OC2CCCC(OC)C2)nn1. The van der Waals surface area contributed by atoms with E-state index >= 15 is 0 Å². The highest BCUT2D eigenvalue weighted by Crippen LogP contribution is 2.24. The Bertz CT molecular complexity index is 356. The summed E-state index contributed by atoms with van der Waals surface area (Å²) < 4.78 is 11.2. The van der Waals surface area contributed by atoms with Crippen LogP contribution >= 0.6 is 0 Å². The molecule has 1 N–H and O–H groups in total. The van der Waals surface area contributed by atoms with Crippen molar-refractivity contribution >= 4 is 0 Å². The third-order valence-electron chi connectivity index (χ3n) is 3.25. The first kappa shape index (κ1) is 13.2. The van der Waals surface area contributed by atoms with Crippen LogP contribution in [0.5, 0.6) is 5.88 Å². The molecule has 0 spiro atoms. The Hall–Kier alpha value is -1.20. The maximum atomic E-state index is 5.85. The highest BCUT2D eigenvalue weighted by Gasteiger charge is 2.23. The molecule has 1 aromatic rings. The molecule has 5 heteroatoms. The summed E-state index contributed by atoms with van der Waals surface area (Å²) in [6, 6.07) is 3.82. The molecule has 0 bridgehead atoms. The lowest BCUT2D eigenvalue weighted by Crippen LogP contribution is -2.29. The zero-order valence-corrected chi connectivity index (χ0v) is 11.1. The van der Waals surface area contributed by atoms with E-state index in [-0.39, 0.29) is 6.10 Å². The van der Waals surface area contributed by atoms with E-state index in [1.54, 1.807) is 7.11 Å². The van der Waals surface area contributed by atoms with Crippen LogP contribution in [0.25, 0.3) is 0 Å². The van der Waals surface area contributed by atoms with Crippen molar-refractivity contribution in [1.29, 1.82) is 0 Å². The fourth-order valence-electron chi connectivity index (χ4n) is 2.28. The molecule has 2 rings (SSSR count). The molecule has 0 aliphatic heterocycles. The second-order valence-corrected chi connectivity index (χ2v) is 4.66. The van der Waals surface area contributed by atoms with Crippen molar-refractivity contribution in [1.82, 2.24) is 15.5 Å². The van der Waals surface area contributed by atoms with Crippen molar-refractivity contribution in [3.05, 3.63) is 17.8 Å². The van der Waals surface area contributed by atoms with E-state index in [1.165, 1.54) is 0 Å². The van der Waals surface area contributed by atoms with E-state index in [4.69, 9.17) is 9.47 Å². The van der Waals surface area contributed by atoms with Crippen LogP contribution in [0.2, 0.25) is 0 Å². The Kier molecular flexibility index (Phi) is 4.90. The fraction of sp³-hybridized carbons (Fsp3) is 0.692. The lowest BCUT2D eigenvalue weighted by atomic mass is 9.95. The number of nitrogens with one attached hydrogen (secondary N) is 1. The van der Waals surface area contributed by atoms with Gasteiger partial charge in [-0.05, 0) is 32.4 Å². The Balaban J connectivity index is 1.88. The van der Waals surface area contributed by atoms with Crippen LogP contribution in [0.15, 0.2) is 12.1 Å². The molecule has 1 aromatic heterocycles. The third-order valence-corrected chi connectivity index (χ3v) is 3.25. The minimum absolute atomic E-state index is 0.202. The van der Waals surface area contributed by atoms with Gasteiger partial charge in [-0.3, -0.25) is 0 Å². The van der Waals surface area contributed by atoms with Crippen molar-refractivity contribution in [3.8, 4) is 5.88 Å². The van der Waals surface area contributed by atoms with Crippen LogP contribution in [0.4, 0.5) is 0 Å². The normalized spacial score (nSPS) is 23.9. The Morgan fingerprint density at radius 3 is 2.78 bits per heavy atom. The third kappa shape index (κ3) is 3.65. The zero-order chi connectivity index (χ0) is 12.8. The van der Waals surface area contributed by atoms with Gasteiger partial charge in [0.05, 0.1) is 11.8 Å². The predicted octanol–water partition coefficient (Wildman–Crippen LogP) is 1.53. The largest absolute Gasteiger partial charge is 0.473 e. The quantitative estimate of drug-likeness (QED) is 0.860. The predicted molar refractivity (Wildman–Crippen MR) is 68.5 cm³/mol. The second-order valence-electron chi connectivity index (χ2n) is 4.66. The fourth-order valence-corrected chi connectivity index (χ4v) is 2.28. The van der Waals surface area contributed by atoms with Gasteiger partial charge in [-0.1, -0.05) is 0 Å². The molecular formula is C13H21N3O2. The number of rotatable bonds is 5. The first-order chi connectivity index (χ1) is 8.81. The average Bonchev–Trinajstić information content (AvgIpc) is 2.42. The van der Waals surface area contributed by atoms with Gasteiger partial charge in [-0.2, -0.15) is 5.10 Å². The second kappa shape index (κ2) is 6.66. The maximum absolute atomic E-state index is 5.85. The van der Waals surface area contributed by atoms with E-state index in [1.807, 2.05) is 19.2 Å². The molecule has 18 heavy (non-hydrogen) atoms. The van der Waals surface area contributed by atoms with Gasteiger partial charge in [-0.25, -0.2) is 0 Å². The van der Waals surface area contributed by atoms with Crippen molar-refractivity contribution in [2.45, 2.75) is 44.4 Å². The first-order valence-corrected chi connectivity index (χ1v) is 6.48. The van der Waals surface area contributed by atoms with Crippen molar-refractivity contribution in [2.75, 3.05) is 14.2 Å². The van der Waals surface area contributed by atoms with Crippen LogP contribution in [0, 0.1) is 0 Å². The van der Waals surface area contributed by atoms with Crippen LogP contribution in [-0.2, 0) is 11.3 Å². The molecule has 2 atom stereocenters. The first-order valence-electron chi connectivity index (χ1n) is 6.48. The molecule has 1 heterocycles. The van der Waals surface area contributed by atoms with Crippen LogP contribution < -0.4 is 10.1 Å². The average molecular weight is 251 g/mol. The molecule has 1 aliphatic carbocycles. The summed E-state index contributed by atoms with van der Waals surface area (Å²) in [5.41, 5.74) is 0.920. The van der Waals surface area contributed by atoms with Gasteiger partial charge < -0.3 is 14.8 Å². The molecule has 1 fully saturated rings. The molecule has 5 nitrogen and oxygen atoms in total. The summed E-state index contributed by atoms with van der Waals surface area (Å²) in [7, 11) is 3.65. The van der Waals surface area contributed by atoms with E-state index in [0.29, 0.717) is 12.0 Å². The minimum atomic E-state index is 0.202. The Morgan fingerprint density at radius 2 is 2.11 bits per heavy atom. The monoisotopic (exact) mass is 251 g/mol. The molecular weight excluding hydrogens is 230 g/mol. The number of hydrogen-bond acceptors (Lipinski definition) is 5. The topological polar surface area (TPSA) is 56.3 Å². The van der Waals surface area contributed by atoms with Crippen molar-refractivity contribution < 1.29 is 9.47 Å².